The Morgan fingerprint density at radius 3 is 2.70 bits per heavy atom. The van der Waals surface area contributed by atoms with Crippen molar-refractivity contribution in [1.29, 1.82) is 0 Å². The molecule has 0 unspecified atom stereocenters. The van der Waals surface area contributed by atoms with Crippen molar-refractivity contribution in [3.63, 3.8) is 0 Å². The fourth-order valence-corrected chi connectivity index (χ4v) is 4.00. The molecule has 0 spiro atoms. The van der Waals surface area contributed by atoms with Gasteiger partial charge in [-0.1, -0.05) is 35.0 Å². The van der Waals surface area contributed by atoms with Crippen LogP contribution in [0.1, 0.15) is 32.9 Å². The standard InChI is InChI=1S/C21H20N6O2S/c1-12-6-8-15(9-7-12)18-23-21(26-25-18)24-19(28)16-5-4-10-22-20(16)30-11-17-13(2)27-29-14(17)3/h4-10H,11H2,1-3H3,(H2,23,24,25,26,28). The Labute approximate surface area is 177 Å². The Hall–Kier alpha value is -3.46. The van der Waals surface area contributed by atoms with Crippen molar-refractivity contribution in [3.8, 4) is 11.4 Å². The van der Waals surface area contributed by atoms with Crippen molar-refractivity contribution in [2.45, 2.75) is 31.6 Å². The van der Waals surface area contributed by atoms with Crippen LogP contribution in [0.25, 0.3) is 11.4 Å². The average molecular weight is 420 g/mol. The fourth-order valence-electron chi connectivity index (χ4n) is 2.85. The summed E-state index contributed by atoms with van der Waals surface area (Å²) in [4.78, 5) is 21.6. The van der Waals surface area contributed by atoms with Gasteiger partial charge in [0.25, 0.3) is 5.91 Å². The number of H-pyrrole nitrogens is 1. The van der Waals surface area contributed by atoms with Gasteiger partial charge in [0.1, 0.15) is 10.8 Å². The Kier molecular flexibility index (Phi) is 5.62. The zero-order valence-corrected chi connectivity index (χ0v) is 17.6. The third-order valence-electron chi connectivity index (χ3n) is 4.59. The van der Waals surface area contributed by atoms with Crippen molar-refractivity contribution in [1.82, 2.24) is 25.3 Å². The summed E-state index contributed by atoms with van der Waals surface area (Å²) in [5.41, 5.74) is 4.35. The van der Waals surface area contributed by atoms with E-state index in [-0.39, 0.29) is 11.9 Å². The van der Waals surface area contributed by atoms with Crippen LogP contribution in [0.15, 0.2) is 52.1 Å². The summed E-state index contributed by atoms with van der Waals surface area (Å²) in [6.07, 6.45) is 1.66. The minimum atomic E-state index is -0.321. The topological polar surface area (TPSA) is 110 Å². The number of carbonyl (C=O) groups is 1. The van der Waals surface area contributed by atoms with Gasteiger partial charge in [0.15, 0.2) is 5.82 Å². The van der Waals surface area contributed by atoms with E-state index in [1.807, 2.05) is 45.0 Å². The van der Waals surface area contributed by atoms with Crippen LogP contribution in [0.2, 0.25) is 0 Å². The lowest BCUT2D eigenvalue weighted by Crippen LogP contribution is -2.14. The first-order valence-electron chi connectivity index (χ1n) is 9.31. The molecule has 8 nitrogen and oxygen atoms in total. The summed E-state index contributed by atoms with van der Waals surface area (Å²) in [5, 5.41) is 14.3. The van der Waals surface area contributed by atoms with Crippen LogP contribution in [0.3, 0.4) is 0 Å². The molecule has 0 saturated carbocycles. The van der Waals surface area contributed by atoms with Crippen LogP contribution in [0.5, 0.6) is 0 Å². The monoisotopic (exact) mass is 420 g/mol. The molecule has 0 aliphatic rings. The van der Waals surface area contributed by atoms with Crippen molar-refractivity contribution in [2.24, 2.45) is 0 Å². The second-order valence-corrected chi connectivity index (χ2v) is 7.74. The maximum absolute atomic E-state index is 12.8. The van der Waals surface area contributed by atoms with Crippen LogP contribution in [0.4, 0.5) is 5.95 Å². The lowest BCUT2D eigenvalue weighted by atomic mass is 10.1. The third kappa shape index (κ3) is 4.25. The van der Waals surface area contributed by atoms with E-state index in [2.05, 4.69) is 30.6 Å². The van der Waals surface area contributed by atoms with Gasteiger partial charge in [0.05, 0.1) is 11.3 Å². The lowest BCUT2D eigenvalue weighted by Gasteiger charge is -2.07. The Bertz CT molecular complexity index is 1160. The summed E-state index contributed by atoms with van der Waals surface area (Å²) in [6, 6.07) is 11.3. The molecule has 30 heavy (non-hydrogen) atoms. The van der Waals surface area contributed by atoms with Crippen LogP contribution in [0, 0.1) is 20.8 Å². The lowest BCUT2D eigenvalue weighted by molar-refractivity contribution is 0.102. The summed E-state index contributed by atoms with van der Waals surface area (Å²) in [6.45, 7) is 5.79. The Balaban J connectivity index is 1.48. The van der Waals surface area contributed by atoms with Gasteiger partial charge in [0.2, 0.25) is 5.95 Å². The number of nitrogens with zero attached hydrogens (tertiary/aromatic N) is 4. The highest BCUT2D eigenvalue weighted by atomic mass is 32.2. The molecule has 3 aromatic heterocycles. The second kappa shape index (κ2) is 8.50. The largest absolute Gasteiger partial charge is 0.361 e. The van der Waals surface area contributed by atoms with E-state index in [0.29, 0.717) is 22.2 Å². The van der Waals surface area contributed by atoms with Crippen LogP contribution < -0.4 is 5.32 Å². The van der Waals surface area contributed by atoms with Crippen molar-refractivity contribution in [2.75, 3.05) is 5.32 Å². The van der Waals surface area contributed by atoms with Crippen LogP contribution in [-0.2, 0) is 5.75 Å². The first-order chi connectivity index (χ1) is 14.5. The average Bonchev–Trinajstić information content (AvgIpc) is 3.34. The smallest absolute Gasteiger partial charge is 0.260 e. The zero-order valence-electron chi connectivity index (χ0n) is 16.8. The molecular weight excluding hydrogens is 400 g/mol. The highest BCUT2D eigenvalue weighted by molar-refractivity contribution is 7.98. The SMILES string of the molecule is Cc1ccc(-c2nc(NC(=O)c3cccnc3SCc3c(C)noc3C)n[nH]2)cc1. The maximum atomic E-state index is 12.8. The number of carbonyl (C=O) groups excluding carboxylic acids is 1. The molecule has 0 saturated heterocycles. The van der Waals surface area contributed by atoms with Crippen LogP contribution >= 0.6 is 11.8 Å². The van der Waals surface area contributed by atoms with Crippen molar-refractivity contribution < 1.29 is 9.32 Å². The number of anilines is 1. The van der Waals surface area contributed by atoms with Crippen molar-refractivity contribution >= 4 is 23.6 Å². The summed E-state index contributed by atoms with van der Waals surface area (Å²) >= 11 is 1.45. The molecule has 4 aromatic rings. The molecule has 9 heteroatoms. The number of nitrogens with one attached hydrogen (secondary N) is 2. The number of aromatic nitrogens is 5. The molecule has 1 aromatic carbocycles. The fraction of sp³-hybridized carbons (Fsp3) is 0.190. The molecule has 0 fully saturated rings. The van der Waals surface area contributed by atoms with Gasteiger partial charge >= 0.3 is 0 Å². The summed E-state index contributed by atoms with van der Waals surface area (Å²) in [5.74, 6) is 1.85. The van der Waals surface area contributed by atoms with Gasteiger partial charge in [-0.05, 0) is 32.9 Å². The molecule has 0 bridgehead atoms. The number of benzene rings is 1. The van der Waals surface area contributed by atoms with Crippen LogP contribution in [-0.4, -0.2) is 31.2 Å². The normalized spacial score (nSPS) is 10.9. The molecule has 1 amide bonds. The Morgan fingerprint density at radius 1 is 1.17 bits per heavy atom. The minimum Gasteiger partial charge on any atom is -0.361 e. The maximum Gasteiger partial charge on any atom is 0.260 e. The van der Waals surface area contributed by atoms with E-state index in [4.69, 9.17) is 4.52 Å². The summed E-state index contributed by atoms with van der Waals surface area (Å²) in [7, 11) is 0. The van der Waals surface area contributed by atoms with E-state index in [0.717, 1.165) is 28.1 Å². The molecular formula is C21H20N6O2S. The van der Waals surface area contributed by atoms with Gasteiger partial charge < -0.3 is 4.52 Å². The minimum absolute atomic E-state index is 0.209. The van der Waals surface area contributed by atoms with E-state index in [1.165, 1.54) is 11.8 Å². The highest BCUT2D eigenvalue weighted by Crippen LogP contribution is 2.27. The number of rotatable bonds is 6. The van der Waals surface area contributed by atoms with Gasteiger partial charge in [-0.3, -0.25) is 15.2 Å². The summed E-state index contributed by atoms with van der Waals surface area (Å²) < 4.78 is 5.20. The molecule has 3 heterocycles. The predicted octanol–water partition coefficient (Wildman–Crippen LogP) is 4.32. The van der Waals surface area contributed by atoms with Gasteiger partial charge in [-0.25, -0.2) is 4.98 Å². The van der Waals surface area contributed by atoms with Gasteiger partial charge in [0, 0.05) is 23.1 Å². The molecule has 4 rings (SSSR count). The predicted molar refractivity (Wildman–Crippen MR) is 114 cm³/mol. The quantitative estimate of drug-likeness (QED) is 0.447. The number of aromatic amines is 1. The molecule has 0 aliphatic heterocycles. The van der Waals surface area contributed by atoms with E-state index >= 15 is 0 Å². The zero-order chi connectivity index (χ0) is 21.1. The molecule has 0 aliphatic carbocycles. The number of amides is 1. The second-order valence-electron chi connectivity index (χ2n) is 6.78. The highest BCUT2D eigenvalue weighted by Gasteiger charge is 2.17. The molecule has 0 radical (unpaired) electrons. The van der Waals surface area contributed by atoms with E-state index in [1.54, 1.807) is 18.3 Å². The number of hydrogen-bond donors (Lipinski definition) is 2. The molecule has 0 atom stereocenters. The third-order valence-corrected chi connectivity index (χ3v) is 5.62. The first kappa shape index (κ1) is 19.8. The van der Waals surface area contributed by atoms with Crippen molar-refractivity contribution in [3.05, 3.63) is 70.7 Å². The van der Waals surface area contributed by atoms with Gasteiger partial charge in [-0.15, -0.1) is 16.9 Å². The van der Waals surface area contributed by atoms with Gasteiger partial charge in [-0.2, -0.15) is 4.98 Å². The first-order valence-corrected chi connectivity index (χ1v) is 10.3. The number of hydrogen-bond acceptors (Lipinski definition) is 7. The molecule has 2 N–H and O–H groups in total. The number of thioether (sulfide) groups is 1. The number of pyridine rings is 1. The molecule has 152 valence electrons. The Morgan fingerprint density at radius 2 is 1.97 bits per heavy atom. The number of aryl methyl sites for hydroxylation is 3. The van der Waals surface area contributed by atoms with E-state index in [9.17, 15) is 4.79 Å². The van der Waals surface area contributed by atoms with E-state index < -0.39 is 0 Å².